The second-order valence-corrected chi connectivity index (χ2v) is 8.00. The first-order valence-corrected chi connectivity index (χ1v) is 9.23. The Hall–Kier alpha value is -1.07. The number of hydrogen-bond donors (Lipinski definition) is 2. The fourth-order valence-electron chi connectivity index (χ4n) is 3.27. The first kappa shape index (κ1) is 16.3. The average Bonchev–Trinajstić information content (AvgIpc) is 2.48. The zero-order valence-corrected chi connectivity index (χ0v) is 13.9. The van der Waals surface area contributed by atoms with Crippen molar-refractivity contribution in [3.63, 3.8) is 0 Å². The molecule has 2 rings (SSSR count). The van der Waals surface area contributed by atoms with Gasteiger partial charge in [-0.15, -0.1) is 0 Å². The first-order valence-electron chi connectivity index (χ1n) is 7.75. The highest BCUT2D eigenvalue weighted by Crippen LogP contribution is 2.33. The van der Waals surface area contributed by atoms with Crippen molar-refractivity contribution >= 4 is 15.7 Å². The molecule has 21 heavy (non-hydrogen) atoms. The highest BCUT2D eigenvalue weighted by atomic mass is 32.2. The lowest BCUT2D eigenvalue weighted by Crippen LogP contribution is -2.36. The summed E-state index contributed by atoms with van der Waals surface area (Å²) in [6, 6.07) is 7.50. The van der Waals surface area contributed by atoms with Crippen molar-refractivity contribution in [2.75, 3.05) is 12.4 Å². The van der Waals surface area contributed by atoms with Crippen LogP contribution in [0, 0.1) is 11.8 Å². The molecule has 1 aliphatic rings. The molecule has 5 heteroatoms. The third kappa shape index (κ3) is 3.77. The molecule has 0 amide bonds. The lowest BCUT2D eigenvalue weighted by Gasteiger charge is -2.36. The number of sulfonamides is 1. The summed E-state index contributed by atoms with van der Waals surface area (Å²) in [5, 5.41) is 3.50. The van der Waals surface area contributed by atoms with Crippen LogP contribution in [0.4, 0.5) is 5.69 Å². The van der Waals surface area contributed by atoms with Gasteiger partial charge in [0.2, 0.25) is 10.0 Å². The van der Waals surface area contributed by atoms with Gasteiger partial charge in [0.25, 0.3) is 0 Å². The molecule has 1 aromatic rings. The number of benzene rings is 1. The average molecular weight is 310 g/mol. The number of nitrogens with one attached hydrogen (secondary N) is 2. The van der Waals surface area contributed by atoms with E-state index in [2.05, 4.69) is 23.9 Å². The molecule has 1 aromatic carbocycles. The van der Waals surface area contributed by atoms with E-state index in [1.807, 2.05) is 12.1 Å². The maximum absolute atomic E-state index is 12.1. The fourth-order valence-corrected chi connectivity index (χ4v) is 4.16. The van der Waals surface area contributed by atoms with Crippen molar-refractivity contribution in [3.8, 4) is 0 Å². The SMILES string of the molecule is CNS(=O)(=O)c1ccccc1NC1CCCCC1C(C)C. The van der Waals surface area contributed by atoms with Gasteiger partial charge in [-0.05, 0) is 43.9 Å². The van der Waals surface area contributed by atoms with Gasteiger partial charge in [-0.3, -0.25) is 0 Å². The first-order chi connectivity index (χ1) is 9.95. The second kappa shape index (κ2) is 6.79. The predicted molar refractivity (Wildman–Crippen MR) is 86.9 cm³/mol. The smallest absolute Gasteiger partial charge is 0.242 e. The number of hydrogen-bond acceptors (Lipinski definition) is 3. The Balaban J connectivity index is 2.27. The molecule has 0 radical (unpaired) electrons. The molecular formula is C16H26N2O2S. The molecule has 0 spiro atoms. The van der Waals surface area contributed by atoms with Gasteiger partial charge in [-0.25, -0.2) is 13.1 Å². The summed E-state index contributed by atoms with van der Waals surface area (Å²) in [6.45, 7) is 4.50. The van der Waals surface area contributed by atoms with E-state index < -0.39 is 10.0 Å². The highest BCUT2D eigenvalue weighted by molar-refractivity contribution is 7.89. The van der Waals surface area contributed by atoms with E-state index in [1.165, 1.54) is 26.3 Å². The summed E-state index contributed by atoms with van der Waals surface area (Å²) in [6.07, 6.45) is 4.81. The van der Waals surface area contributed by atoms with Crippen LogP contribution in [0.3, 0.4) is 0 Å². The molecule has 118 valence electrons. The molecule has 2 atom stereocenters. The minimum absolute atomic E-state index is 0.334. The monoisotopic (exact) mass is 310 g/mol. The standard InChI is InChI=1S/C16H26N2O2S/c1-12(2)13-8-4-5-9-14(13)18-15-10-6-7-11-16(15)21(19,20)17-3/h6-7,10-14,17-18H,4-5,8-9H2,1-3H3. The molecule has 0 saturated heterocycles. The van der Waals surface area contributed by atoms with Crippen molar-refractivity contribution in [2.24, 2.45) is 11.8 Å². The number of anilines is 1. The molecule has 2 unspecified atom stereocenters. The van der Waals surface area contributed by atoms with Gasteiger partial charge in [-0.1, -0.05) is 38.8 Å². The van der Waals surface area contributed by atoms with Crippen molar-refractivity contribution in [2.45, 2.75) is 50.5 Å². The summed E-state index contributed by atoms with van der Waals surface area (Å²) in [7, 11) is -1.98. The van der Waals surface area contributed by atoms with Gasteiger partial charge in [0.05, 0.1) is 5.69 Å². The van der Waals surface area contributed by atoms with E-state index in [4.69, 9.17) is 0 Å². The van der Waals surface area contributed by atoms with Crippen molar-refractivity contribution < 1.29 is 8.42 Å². The zero-order chi connectivity index (χ0) is 15.5. The van der Waals surface area contributed by atoms with Crippen LogP contribution < -0.4 is 10.0 Å². The van der Waals surface area contributed by atoms with Crippen LogP contribution in [-0.2, 0) is 10.0 Å². The maximum Gasteiger partial charge on any atom is 0.242 e. The van der Waals surface area contributed by atoms with Crippen LogP contribution >= 0.6 is 0 Å². The molecule has 4 nitrogen and oxygen atoms in total. The number of para-hydroxylation sites is 1. The molecule has 0 heterocycles. The lowest BCUT2D eigenvalue weighted by molar-refractivity contribution is 0.253. The van der Waals surface area contributed by atoms with Gasteiger partial charge in [-0.2, -0.15) is 0 Å². The minimum atomic E-state index is -3.43. The Bertz CT molecular complexity index is 569. The second-order valence-electron chi connectivity index (χ2n) is 6.15. The summed E-state index contributed by atoms with van der Waals surface area (Å²) in [4.78, 5) is 0.334. The lowest BCUT2D eigenvalue weighted by atomic mass is 9.78. The van der Waals surface area contributed by atoms with E-state index in [9.17, 15) is 8.42 Å². The fraction of sp³-hybridized carbons (Fsp3) is 0.625. The van der Waals surface area contributed by atoms with Gasteiger partial charge in [0.1, 0.15) is 4.90 Å². The van der Waals surface area contributed by atoms with Gasteiger partial charge in [0.15, 0.2) is 0 Å². The molecule has 0 bridgehead atoms. The molecule has 0 aromatic heterocycles. The Morgan fingerprint density at radius 2 is 1.81 bits per heavy atom. The van der Waals surface area contributed by atoms with E-state index >= 15 is 0 Å². The van der Waals surface area contributed by atoms with Crippen LogP contribution in [0.25, 0.3) is 0 Å². The minimum Gasteiger partial charge on any atom is -0.381 e. The molecule has 1 aliphatic carbocycles. The molecular weight excluding hydrogens is 284 g/mol. The topological polar surface area (TPSA) is 58.2 Å². The van der Waals surface area contributed by atoms with Crippen LogP contribution in [-0.4, -0.2) is 21.5 Å². The van der Waals surface area contributed by atoms with E-state index in [1.54, 1.807) is 12.1 Å². The van der Waals surface area contributed by atoms with Gasteiger partial charge >= 0.3 is 0 Å². The summed E-state index contributed by atoms with van der Waals surface area (Å²) in [5.41, 5.74) is 0.712. The van der Waals surface area contributed by atoms with Crippen molar-refractivity contribution in [1.82, 2.24) is 4.72 Å². The summed E-state index contributed by atoms with van der Waals surface area (Å²) < 4.78 is 26.7. The Morgan fingerprint density at radius 3 is 2.48 bits per heavy atom. The maximum atomic E-state index is 12.1. The summed E-state index contributed by atoms with van der Waals surface area (Å²) >= 11 is 0. The van der Waals surface area contributed by atoms with Crippen LogP contribution in [0.1, 0.15) is 39.5 Å². The van der Waals surface area contributed by atoms with E-state index in [-0.39, 0.29) is 0 Å². The zero-order valence-electron chi connectivity index (χ0n) is 13.1. The van der Waals surface area contributed by atoms with Crippen LogP contribution in [0.2, 0.25) is 0 Å². The highest BCUT2D eigenvalue weighted by Gasteiger charge is 2.28. The third-order valence-electron chi connectivity index (χ3n) is 4.46. The third-order valence-corrected chi connectivity index (χ3v) is 5.93. The number of rotatable bonds is 5. The summed E-state index contributed by atoms with van der Waals surface area (Å²) in [5.74, 6) is 1.21. The molecule has 1 saturated carbocycles. The molecule has 1 fully saturated rings. The molecule has 2 N–H and O–H groups in total. The van der Waals surface area contributed by atoms with Crippen molar-refractivity contribution in [3.05, 3.63) is 24.3 Å². The van der Waals surface area contributed by atoms with Gasteiger partial charge in [0, 0.05) is 6.04 Å². The predicted octanol–water partition coefficient (Wildman–Crippen LogP) is 3.22. The Morgan fingerprint density at radius 1 is 1.14 bits per heavy atom. The normalized spacial score (nSPS) is 23.2. The van der Waals surface area contributed by atoms with Crippen LogP contribution in [0.5, 0.6) is 0 Å². The largest absolute Gasteiger partial charge is 0.381 e. The Labute approximate surface area is 128 Å². The van der Waals surface area contributed by atoms with Gasteiger partial charge < -0.3 is 5.32 Å². The quantitative estimate of drug-likeness (QED) is 0.878. The Kier molecular flexibility index (Phi) is 5.27. The van der Waals surface area contributed by atoms with Crippen LogP contribution in [0.15, 0.2) is 29.2 Å². The van der Waals surface area contributed by atoms with Crippen molar-refractivity contribution in [1.29, 1.82) is 0 Å². The van der Waals surface area contributed by atoms with E-state index in [0.717, 1.165) is 6.42 Å². The molecule has 0 aliphatic heterocycles. The van der Waals surface area contributed by atoms with E-state index in [0.29, 0.717) is 28.5 Å².